The Bertz CT molecular complexity index is 688. The molecule has 1 fully saturated rings. The Hall–Kier alpha value is -1.18. The van der Waals surface area contributed by atoms with Crippen LogP contribution in [0.3, 0.4) is 0 Å². The molecule has 1 saturated heterocycles. The molecule has 1 aromatic carbocycles. The summed E-state index contributed by atoms with van der Waals surface area (Å²) < 4.78 is 25.4. The van der Waals surface area contributed by atoms with E-state index in [1.807, 2.05) is 25.1 Å². The van der Waals surface area contributed by atoms with Gasteiger partial charge in [0.05, 0.1) is 0 Å². The van der Waals surface area contributed by atoms with Crippen LogP contribution in [0, 0.1) is 0 Å². The fourth-order valence-corrected chi connectivity index (χ4v) is 9.39. The Labute approximate surface area is 187 Å². The van der Waals surface area contributed by atoms with Crippen molar-refractivity contribution in [3.63, 3.8) is 0 Å². The molecule has 1 aromatic rings. The van der Waals surface area contributed by atoms with Crippen LogP contribution in [0.4, 0.5) is 0 Å². The van der Waals surface area contributed by atoms with E-state index in [9.17, 15) is 9.59 Å². The first-order valence-corrected chi connectivity index (χ1v) is 15.0. The second-order valence-electron chi connectivity index (χ2n) is 7.61. The number of rotatable bonds is 9. The van der Waals surface area contributed by atoms with Crippen LogP contribution in [0.2, 0.25) is 22.9 Å². The van der Waals surface area contributed by atoms with Gasteiger partial charge < -0.3 is 0 Å². The molecule has 5 atom stereocenters. The van der Waals surface area contributed by atoms with E-state index in [0.717, 1.165) is 22.6 Å². The standard InChI is InChI=1S/C22H34O6SeSi/c1-7-30(8-2,9-3)28-20-19(26-16(5)23)15(4)25-22(27-17(6)24)21(20)29-18-13-11-10-12-14-18/h10-15,19-22H,7-9H2,1-6H3/t15-,19+,20+,21-,22+/m1/s1. The quantitative estimate of drug-likeness (QED) is 0.382. The Morgan fingerprint density at radius 3 is 2.03 bits per heavy atom. The molecule has 0 N–H and O–H groups in total. The third kappa shape index (κ3) is 6.41. The van der Waals surface area contributed by atoms with Gasteiger partial charge in [-0.15, -0.1) is 0 Å². The molecule has 0 bridgehead atoms. The van der Waals surface area contributed by atoms with Gasteiger partial charge in [-0.1, -0.05) is 0 Å². The number of hydrogen-bond acceptors (Lipinski definition) is 6. The molecule has 1 heterocycles. The summed E-state index contributed by atoms with van der Waals surface area (Å²) in [6.45, 7) is 11.2. The predicted molar refractivity (Wildman–Crippen MR) is 119 cm³/mol. The Balaban J connectivity index is 2.48. The van der Waals surface area contributed by atoms with Crippen LogP contribution in [-0.4, -0.2) is 59.8 Å². The second-order valence-corrected chi connectivity index (χ2v) is 15.0. The summed E-state index contributed by atoms with van der Waals surface area (Å²) in [7, 11) is -2.03. The van der Waals surface area contributed by atoms with Gasteiger partial charge in [0.15, 0.2) is 0 Å². The van der Waals surface area contributed by atoms with Crippen LogP contribution >= 0.6 is 0 Å². The zero-order valence-corrected chi connectivity index (χ0v) is 21.5. The van der Waals surface area contributed by atoms with Gasteiger partial charge >= 0.3 is 187 Å². The van der Waals surface area contributed by atoms with E-state index in [2.05, 4.69) is 32.9 Å². The van der Waals surface area contributed by atoms with Crippen molar-refractivity contribution in [3.05, 3.63) is 30.3 Å². The van der Waals surface area contributed by atoms with Gasteiger partial charge in [-0.25, -0.2) is 0 Å². The van der Waals surface area contributed by atoms with Gasteiger partial charge in [-0.2, -0.15) is 0 Å². The van der Waals surface area contributed by atoms with Crippen molar-refractivity contribution < 1.29 is 28.2 Å². The van der Waals surface area contributed by atoms with Crippen molar-refractivity contribution >= 4 is 39.7 Å². The summed E-state index contributed by atoms with van der Waals surface area (Å²) in [5, 5.41) is 0. The van der Waals surface area contributed by atoms with Gasteiger partial charge in [0.2, 0.25) is 0 Å². The Morgan fingerprint density at radius 2 is 1.53 bits per heavy atom. The number of hydrogen-bond donors (Lipinski definition) is 0. The molecule has 1 aliphatic rings. The van der Waals surface area contributed by atoms with Crippen molar-refractivity contribution in [1.82, 2.24) is 0 Å². The molecule has 0 aromatic heterocycles. The van der Waals surface area contributed by atoms with Crippen molar-refractivity contribution in [1.29, 1.82) is 0 Å². The van der Waals surface area contributed by atoms with Crippen LogP contribution in [0.15, 0.2) is 30.3 Å². The Morgan fingerprint density at radius 1 is 0.967 bits per heavy atom. The first kappa shape index (κ1) is 25.1. The molecule has 1 aliphatic heterocycles. The third-order valence-electron chi connectivity index (χ3n) is 5.65. The van der Waals surface area contributed by atoms with Crippen molar-refractivity contribution in [2.75, 3.05) is 0 Å². The summed E-state index contributed by atoms with van der Waals surface area (Å²) in [5.41, 5.74) is 0. The molecule has 30 heavy (non-hydrogen) atoms. The molecule has 6 nitrogen and oxygen atoms in total. The minimum atomic E-state index is -2.03. The minimum absolute atomic E-state index is 0.111. The molecular weight excluding hydrogens is 467 g/mol. The van der Waals surface area contributed by atoms with E-state index in [0.29, 0.717) is 0 Å². The molecule has 8 heteroatoms. The Kier molecular flexibility index (Phi) is 9.56. The number of carbonyl (C=O) groups excluding carboxylic acids is 2. The second kappa shape index (κ2) is 11.4. The SMILES string of the molecule is CC[Si](CC)(CC)O[C@H]1[C@@H](OC(C)=O)[C@@H](C)O[C@@H](OC(C)=O)[C@@H]1[Se]c1ccccc1. The molecule has 0 radical (unpaired) electrons. The maximum atomic E-state index is 11.9. The van der Waals surface area contributed by atoms with E-state index in [1.165, 1.54) is 13.8 Å². The molecule has 168 valence electrons. The molecule has 0 amide bonds. The van der Waals surface area contributed by atoms with Crippen LogP contribution in [0.25, 0.3) is 0 Å². The van der Waals surface area contributed by atoms with Gasteiger partial charge in [0.25, 0.3) is 0 Å². The van der Waals surface area contributed by atoms with Crippen LogP contribution < -0.4 is 4.46 Å². The summed E-state index contributed by atoms with van der Waals surface area (Å²) in [4.78, 5) is 23.5. The van der Waals surface area contributed by atoms with Gasteiger partial charge in [-0.05, 0) is 0 Å². The van der Waals surface area contributed by atoms with Gasteiger partial charge in [0, 0.05) is 0 Å². The van der Waals surface area contributed by atoms with Crippen LogP contribution in [-0.2, 0) is 28.2 Å². The molecule has 2 rings (SSSR count). The van der Waals surface area contributed by atoms with Crippen molar-refractivity contribution in [3.8, 4) is 0 Å². The monoisotopic (exact) mass is 502 g/mol. The number of esters is 2. The first-order chi connectivity index (χ1) is 14.2. The average molecular weight is 502 g/mol. The fraction of sp³-hybridized carbons (Fsp3) is 0.636. The molecule has 0 aliphatic carbocycles. The van der Waals surface area contributed by atoms with E-state index in [-0.39, 0.29) is 31.8 Å². The zero-order chi connectivity index (χ0) is 22.3. The fourth-order valence-electron chi connectivity index (χ4n) is 3.79. The average Bonchev–Trinajstić information content (AvgIpc) is 2.71. The summed E-state index contributed by atoms with van der Waals surface area (Å²) in [5.74, 6) is -0.756. The van der Waals surface area contributed by atoms with Gasteiger partial charge in [0.1, 0.15) is 0 Å². The third-order valence-corrected chi connectivity index (χ3v) is 13.0. The van der Waals surface area contributed by atoms with Crippen molar-refractivity contribution in [2.45, 2.75) is 89.1 Å². The molecule has 0 unspecified atom stereocenters. The molecule has 0 saturated carbocycles. The number of ether oxygens (including phenoxy) is 3. The van der Waals surface area contributed by atoms with Gasteiger partial charge in [-0.3, -0.25) is 0 Å². The maximum absolute atomic E-state index is 11.9. The van der Waals surface area contributed by atoms with Crippen LogP contribution in [0.5, 0.6) is 0 Å². The topological polar surface area (TPSA) is 71.1 Å². The first-order valence-electron chi connectivity index (χ1n) is 10.6. The predicted octanol–water partition coefficient (Wildman–Crippen LogP) is 3.43. The van der Waals surface area contributed by atoms with E-state index < -0.39 is 32.8 Å². The summed E-state index contributed by atoms with van der Waals surface area (Å²) in [6.07, 6.45) is -2.09. The van der Waals surface area contributed by atoms with E-state index in [1.54, 1.807) is 0 Å². The van der Waals surface area contributed by atoms with E-state index in [4.69, 9.17) is 18.6 Å². The van der Waals surface area contributed by atoms with E-state index >= 15 is 0 Å². The number of benzene rings is 1. The normalized spacial score (nSPS) is 26.8. The summed E-state index contributed by atoms with van der Waals surface area (Å²) >= 11 is -0.111. The molecule has 0 spiro atoms. The van der Waals surface area contributed by atoms with Crippen LogP contribution in [0.1, 0.15) is 41.5 Å². The summed E-state index contributed by atoms with van der Waals surface area (Å²) in [6, 6.07) is 13.0. The zero-order valence-electron chi connectivity index (χ0n) is 18.8. The van der Waals surface area contributed by atoms with Crippen molar-refractivity contribution in [2.24, 2.45) is 0 Å². The number of carbonyl (C=O) groups is 2. The molecular formula is C22H34O6SeSi.